The SMILES string of the molecule is Nc1cccc(S(=O)(=O)C(F)(F)F)c1.O=[N+]([O-])c1cccc(S(=O)(=O)C(F)(F)F)c1. The van der Waals surface area contributed by atoms with E-state index in [-0.39, 0.29) is 5.69 Å². The van der Waals surface area contributed by atoms with Crippen LogP contribution < -0.4 is 5.73 Å². The summed E-state index contributed by atoms with van der Waals surface area (Å²) >= 11 is 0. The maximum absolute atomic E-state index is 12.1. The van der Waals surface area contributed by atoms with Crippen LogP contribution in [0.25, 0.3) is 0 Å². The first-order valence-electron chi connectivity index (χ1n) is 7.14. The van der Waals surface area contributed by atoms with Crippen molar-refractivity contribution in [2.45, 2.75) is 20.8 Å². The minimum atomic E-state index is -5.54. The summed E-state index contributed by atoms with van der Waals surface area (Å²) < 4.78 is 116. The van der Waals surface area contributed by atoms with Crippen LogP contribution in [0.1, 0.15) is 0 Å². The van der Waals surface area contributed by atoms with Crippen molar-refractivity contribution in [2.24, 2.45) is 0 Å². The van der Waals surface area contributed by atoms with Gasteiger partial charge in [0.15, 0.2) is 0 Å². The van der Waals surface area contributed by atoms with Crippen molar-refractivity contribution in [1.82, 2.24) is 0 Å². The van der Waals surface area contributed by atoms with Gasteiger partial charge in [-0.2, -0.15) is 26.3 Å². The number of hydrogen-bond acceptors (Lipinski definition) is 7. The quantitative estimate of drug-likeness (QED) is 0.307. The Bertz CT molecular complexity index is 1140. The lowest BCUT2D eigenvalue weighted by Gasteiger charge is -2.07. The summed E-state index contributed by atoms with van der Waals surface area (Å²) in [6.07, 6.45) is 0. The molecule has 0 bridgehead atoms. The van der Waals surface area contributed by atoms with Crippen LogP contribution in [0.3, 0.4) is 0 Å². The predicted molar refractivity (Wildman–Crippen MR) is 90.4 cm³/mol. The van der Waals surface area contributed by atoms with Crippen LogP contribution in [0.15, 0.2) is 58.3 Å². The van der Waals surface area contributed by atoms with Crippen molar-refractivity contribution in [2.75, 3.05) is 5.73 Å². The second-order valence-corrected chi connectivity index (χ2v) is 9.11. The first kappa shape index (κ1) is 25.2. The molecule has 2 aromatic carbocycles. The van der Waals surface area contributed by atoms with E-state index in [1.165, 1.54) is 6.07 Å². The largest absolute Gasteiger partial charge is 0.501 e. The molecule has 8 nitrogen and oxygen atoms in total. The van der Waals surface area contributed by atoms with Crippen LogP contribution in [0.4, 0.5) is 37.7 Å². The Morgan fingerprint density at radius 2 is 1.17 bits per heavy atom. The molecule has 0 aliphatic heterocycles. The molecule has 0 amide bonds. The van der Waals surface area contributed by atoms with Gasteiger partial charge in [-0.3, -0.25) is 10.1 Å². The summed E-state index contributed by atoms with van der Waals surface area (Å²) in [5.74, 6) is 0. The van der Waals surface area contributed by atoms with Gasteiger partial charge in [0.05, 0.1) is 14.7 Å². The number of rotatable bonds is 3. The summed E-state index contributed by atoms with van der Waals surface area (Å²) in [6.45, 7) is 0. The second kappa shape index (κ2) is 8.47. The van der Waals surface area contributed by atoms with Crippen LogP contribution >= 0.6 is 0 Å². The highest BCUT2D eigenvalue weighted by Crippen LogP contribution is 2.32. The lowest BCUT2D eigenvalue weighted by molar-refractivity contribution is -0.385. The fourth-order valence-electron chi connectivity index (χ4n) is 1.71. The van der Waals surface area contributed by atoms with Gasteiger partial charge in [-0.05, 0) is 24.3 Å². The smallest absolute Gasteiger partial charge is 0.399 e. The van der Waals surface area contributed by atoms with Gasteiger partial charge in [0, 0.05) is 17.8 Å². The molecule has 2 N–H and O–H groups in total. The predicted octanol–water partition coefficient (Wildman–Crippen LogP) is 3.45. The zero-order valence-corrected chi connectivity index (χ0v) is 15.8. The van der Waals surface area contributed by atoms with E-state index in [0.29, 0.717) is 12.1 Å². The number of sulfone groups is 2. The molecule has 0 unspecified atom stereocenters. The lowest BCUT2D eigenvalue weighted by atomic mass is 10.3. The molecule has 30 heavy (non-hydrogen) atoms. The van der Waals surface area contributed by atoms with Crippen molar-refractivity contribution >= 4 is 31.0 Å². The van der Waals surface area contributed by atoms with Gasteiger partial charge < -0.3 is 5.73 Å². The normalized spacial score (nSPS) is 12.6. The topological polar surface area (TPSA) is 137 Å². The summed E-state index contributed by atoms with van der Waals surface area (Å²) in [4.78, 5) is 7.30. The monoisotopic (exact) mass is 480 g/mol. The van der Waals surface area contributed by atoms with Crippen LogP contribution in [0.5, 0.6) is 0 Å². The van der Waals surface area contributed by atoms with Crippen LogP contribution in [-0.2, 0) is 19.7 Å². The summed E-state index contributed by atoms with van der Waals surface area (Å²) in [6, 6.07) is 6.84. The highest BCUT2D eigenvalue weighted by Gasteiger charge is 2.47. The molecule has 0 aromatic heterocycles. The zero-order valence-electron chi connectivity index (χ0n) is 14.2. The molecule has 0 atom stereocenters. The average Bonchev–Trinajstić information content (AvgIpc) is 2.60. The minimum Gasteiger partial charge on any atom is -0.399 e. The van der Waals surface area contributed by atoms with Gasteiger partial charge in [0.25, 0.3) is 25.4 Å². The third-order valence-corrected chi connectivity index (χ3v) is 6.08. The number of nitro benzene ring substituents is 1. The molecule has 0 saturated heterocycles. The molecule has 0 heterocycles. The Morgan fingerprint density at radius 3 is 1.53 bits per heavy atom. The van der Waals surface area contributed by atoms with Gasteiger partial charge in [-0.1, -0.05) is 12.1 Å². The van der Waals surface area contributed by atoms with Gasteiger partial charge in [0.1, 0.15) is 0 Å². The van der Waals surface area contributed by atoms with Crippen molar-refractivity contribution in [3.8, 4) is 0 Å². The van der Waals surface area contributed by atoms with Crippen molar-refractivity contribution in [3.63, 3.8) is 0 Å². The van der Waals surface area contributed by atoms with Crippen molar-refractivity contribution in [3.05, 3.63) is 58.6 Å². The Hall–Kier alpha value is -2.88. The first-order chi connectivity index (χ1) is 13.4. The maximum atomic E-state index is 12.1. The van der Waals surface area contributed by atoms with E-state index in [9.17, 15) is 53.3 Å². The molecule has 0 radical (unpaired) electrons. The van der Waals surface area contributed by atoms with Gasteiger partial charge >= 0.3 is 11.0 Å². The molecule has 166 valence electrons. The number of nitrogens with zero attached hydrogens (tertiary/aromatic N) is 1. The van der Waals surface area contributed by atoms with E-state index in [1.54, 1.807) is 0 Å². The molecule has 0 spiro atoms. The third kappa shape index (κ3) is 5.59. The summed E-state index contributed by atoms with van der Waals surface area (Å²) in [5, 5.41) is 10.3. The minimum absolute atomic E-state index is 0.0321. The lowest BCUT2D eigenvalue weighted by Crippen LogP contribution is -2.23. The highest BCUT2D eigenvalue weighted by molar-refractivity contribution is 7.92. The number of benzene rings is 2. The number of anilines is 1. The Balaban J connectivity index is 0.000000303. The Kier molecular flexibility index (Phi) is 7.10. The molecular weight excluding hydrogens is 470 g/mol. The molecule has 0 aliphatic carbocycles. The number of alkyl halides is 6. The molecule has 16 heteroatoms. The van der Waals surface area contributed by atoms with E-state index in [4.69, 9.17) is 5.73 Å². The number of nitrogens with two attached hydrogens (primary N) is 1. The molecule has 2 aromatic rings. The molecule has 2 rings (SSSR count). The van der Waals surface area contributed by atoms with Crippen LogP contribution in [-0.4, -0.2) is 32.8 Å². The number of hydrogen-bond donors (Lipinski definition) is 1. The van der Waals surface area contributed by atoms with E-state index >= 15 is 0 Å². The van der Waals surface area contributed by atoms with E-state index in [0.717, 1.165) is 30.3 Å². The number of halogens is 6. The Labute approximate surface area is 164 Å². The van der Waals surface area contributed by atoms with Crippen molar-refractivity contribution in [1.29, 1.82) is 0 Å². The Morgan fingerprint density at radius 1 is 0.767 bits per heavy atom. The fraction of sp³-hybridized carbons (Fsp3) is 0.143. The number of non-ortho nitro benzene ring substituents is 1. The van der Waals surface area contributed by atoms with E-state index < -0.39 is 51.1 Å². The van der Waals surface area contributed by atoms with E-state index in [1.807, 2.05) is 0 Å². The van der Waals surface area contributed by atoms with Crippen LogP contribution in [0, 0.1) is 10.1 Å². The van der Waals surface area contributed by atoms with Crippen LogP contribution in [0.2, 0.25) is 0 Å². The fourth-order valence-corrected chi connectivity index (χ4v) is 3.33. The van der Waals surface area contributed by atoms with E-state index in [2.05, 4.69) is 0 Å². The molecule has 0 saturated carbocycles. The molecule has 0 aliphatic rings. The molecular formula is C14H10F6N2O6S2. The number of nitrogen functional groups attached to an aromatic ring is 1. The summed E-state index contributed by atoms with van der Waals surface area (Å²) in [5.41, 5.74) is -6.34. The van der Waals surface area contributed by atoms with Gasteiger partial charge in [-0.25, -0.2) is 16.8 Å². The zero-order chi connectivity index (χ0) is 23.5. The second-order valence-electron chi connectivity index (χ2n) is 5.23. The molecule has 0 fully saturated rings. The van der Waals surface area contributed by atoms with Gasteiger partial charge in [0.2, 0.25) is 0 Å². The third-order valence-electron chi connectivity index (χ3n) is 3.12. The summed E-state index contributed by atoms with van der Waals surface area (Å²) in [7, 11) is -10.8. The van der Waals surface area contributed by atoms with Crippen molar-refractivity contribution < 1.29 is 48.1 Å². The average molecular weight is 480 g/mol. The standard InChI is InChI=1S/C7H4F3NO4S.C7H6F3NO2S/c8-7(9,10)16(14,15)6-3-1-2-5(4-6)11(12)13;8-7(9,10)14(12,13)6-3-1-2-5(11)4-6/h1-4H;1-4H,11H2. The highest BCUT2D eigenvalue weighted by atomic mass is 32.2. The number of nitro groups is 1. The first-order valence-corrected chi connectivity index (χ1v) is 10.1. The maximum Gasteiger partial charge on any atom is 0.501 e. The van der Waals surface area contributed by atoms with Gasteiger partial charge in [-0.15, -0.1) is 0 Å².